The molecule has 16 heavy (non-hydrogen) atoms. The summed E-state index contributed by atoms with van der Waals surface area (Å²) in [5.74, 6) is -0.759. The Morgan fingerprint density at radius 3 is 2.81 bits per heavy atom. The van der Waals surface area contributed by atoms with Crippen molar-refractivity contribution in [2.45, 2.75) is 31.1 Å². The van der Waals surface area contributed by atoms with Gasteiger partial charge in [0.05, 0.1) is 0 Å². The molecular formula is C12H16BrF2N. The molecule has 1 unspecified atom stereocenters. The van der Waals surface area contributed by atoms with Crippen LogP contribution in [-0.4, -0.2) is 11.4 Å². The molecule has 0 heterocycles. The lowest BCUT2D eigenvalue weighted by atomic mass is 10.2. The van der Waals surface area contributed by atoms with Crippen LogP contribution in [0.1, 0.15) is 25.3 Å². The van der Waals surface area contributed by atoms with Gasteiger partial charge in [-0.3, -0.25) is 0 Å². The highest BCUT2D eigenvalue weighted by Gasteiger charge is 2.04. The molecule has 0 aromatic heterocycles. The molecule has 1 N–H and O–H groups in total. The zero-order chi connectivity index (χ0) is 12.0. The number of halogens is 3. The second kappa shape index (κ2) is 6.97. The second-order valence-electron chi connectivity index (χ2n) is 3.71. The van der Waals surface area contributed by atoms with Gasteiger partial charge in [-0.15, -0.1) is 0 Å². The first kappa shape index (κ1) is 13.6. The number of hydrogen-bond donors (Lipinski definition) is 1. The van der Waals surface area contributed by atoms with E-state index in [0.717, 1.165) is 31.5 Å². The highest BCUT2D eigenvalue weighted by molar-refractivity contribution is 9.09. The lowest BCUT2D eigenvalue weighted by molar-refractivity contribution is 0.562. The van der Waals surface area contributed by atoms with Gasteiger partial charge in [0.1, 0.15) is 11.6 Å². The van der Waals surface area contributed by atoms with Crippen molar-refractivity contribution >= 4 is 15.9 Å². The van der Waals surface area contributed by atoms with Gasteiger partial charge >= 0.3 is 0 Å². The Balaban J connectivity index is 2.34. The fraction of sp³-hybridized carbons (Fsp3) is 0.500. The van der Waals surface area contributed by atoms with Gasteiger partial charge in [-0.2, -0.15) is 0 Å². The monoisotopic (exact) mass is 291 g/mol. The molecule has 1 nitrogen and oxygen atoms in total. The minimum absolute atomic E-state index is 0.361. The zero-order valence-corrected chi connectivity index (χ0v) is 10.9. The van der Waals surface area contributed by atoms with Gasteiger partial charge < -0.3 is 5.32 Å². The summed E-state index contributed by atoms with van der Waals surface area (Å²) in [6.07, 6.45) is 2.05. The van der Waals surface area contributed by atoms with Gasteiger partial charge in [-0.1, -0.05) is 22.9 Å². The van der Waals surface area contributed by atoms with E-state index in [1.807, 2.05) is 0 Å². The molecule has 0 radical (unpaired) electrons. The van der Waals surface area contributed by atoms with Gasteiger partial charge in [0.2, 0.25) is 0 Å². The van der Waals surface area contributed by atoms with Crippen molar-refractivity contribution in [1.29, 1.82) is 0 Å². The SMILES string of the molecule is CCC(Br)CCNCc1cc(F)ccc1F. The molecule has 90 valence electrons. The minimum Gasteiger partial charge on any atom is -0.313 e. The van der Waals surface area contributed by atoms with Crippen LogP contribution in [0.3, 0.4) is 0 Å². The van der Waals surface area contributed by atoms with E-state index < -0.39 is 5.82 Å². The molecule has 0 fully saturated rings. The van der Waals surface area contributed by atoms with Crippen LogP contribution >= 0.6 is 15.9 Å². The van der Waals surface area contributed by atoms with Crippen molar-refractivity contribution in [1.82, 2.24) is 5.32 Å². The van der Waals surface area contributed by atoms with Gasteiger partial charge in [0, 0.05) is 16.9 Å². The molecule has 0 aliphatic heterocycles. The standard InChI is InChI=1S/C12H16BrF2N/c1-2-10(13)5-6-16-8-9-7-11(14)3-4-12(9)15/h3-4,7,10,16H,2,5-6,8H2,1H3. The zero-order valence-electron chi connectivity index (χ0n) is 9.27. The molecule has 0 amide bonds. The summed E-state index contributed by atoms with van der Waals surface area (Å²) in [5, 5.41) is 3.10. The van der Waals surface area contributed by atoms with Crippen molar-refractivity contribution in [3.05, 3.63) is 35.4 Å². The Bertz CT molecular complexity index is 331. The van der Waals surface area contributed by atoms with E-state index in [9.17, 15) is 8.78 Å². The summed E-state index contributed by atoms with van der Waals surface area (Å²) in [6.45, 7) is 3.26. The van der Waals surface area contributed by atoms with E-state index in [2.05, 4.69) is 28.2 Å². The average molecular weight is 292 g/mol. The molecule has 0 aliphatic carbocycles. The Kier molecular flexibility index (Phi) is 5.91. The fourth-order valence-electron chi connectivity index (χ4n) is 1.36. The first-order valence-corrected chi connectivity index (χ1v) is 6.33. The summed E-state index contributed by atoms with van der Waals surface area (Å²) in [5.41, 5.74) is 0.377. The third kappa shape index (κ3) is 4.58. The van der Waals surface area contributed by atoms with Gasteiger partial charge in [0.25, 0.3) is 0 Å². The maximum Gasteiger partial charge on any atom is 0.127 e. The van der Waals surface area contributed by atoms with Crippen LogP contribution in [0.4, 0.5) is 8.78 Å². The van der Waals surface area contributed by atoms with E-state index >= 15 is 0 Å². The van der Waals surface area contributed by atoms with Gasteiger partial charge in [0.15, 0.2) is 0 Å². The number of alkyl halides is 1. The average Bonchev–Trinajstić information content (AvgIpc) is 2.28. The molecule has 4 heteroatoms. The summed E-state index contributed by atoms with van der Waals surface area (Å²) in [4.78, 5) is 0.484. The molecule has 0 saturated heterocycles. The molecule has 0 spiro atoms. The predicted molar refractivity (Wildman–Crippen MR) is 65.7 cm³/mol. The van der Waals surface area contributed by atoms with Crippen LogP contribution in [0.2, 0.25) is 0 Å². The van der Waals surface area contributed by atoms with E-state index in [1.165, 1.54) is 6.07 Å². The van der Waals surface area contributed by atoms with Crippen LogP contribution < -0.4 is 5.32 Å². The highest BCUT2D eigenvalue weighted by atomic mass is 79.9. The summed E-state index contributed by atoms with van der Waals surface area (Å²) < 4.78 is 26.0. The van der Waals surface area contributed by atoms with Gasteiger partial charge in [-0.05, 0) is 37.6 Å². The highest BCUT2D eigenvalue weighted by Crippen LogP contribution is 2.10. The Labute approximate surface area is 103 Å². The van der Waals surface area contributed by atoms with Crippen molar-refractivity contribution < 1.29 is 8.78 Å². The lowest BCUT2D eigenvalue weighted by Crippen LogP contribution is -2.18. The smallest absolute Gasteiger partial charge is 0.127 e. The van der Waals surface area contributed by atoms with Crippen LogP contribution in [0, 0.1) is 11.6 Å². The normalized spacial score (nSPS) is 12.8. The summed E-state index contributed by atoms with van der Waals surface area (Å²) in [7, 11) is 0. The molecular weight excluding hydrogens is 276 g/mol. The third-order valence-electron chi connectivity index (χ3n) is 2.40. The number of benzene rings is 1. The minimum atomic E-state index is -0.398. The molecule has 0 saturated carbocycles. The van der Waals surface area contributed by atoms with Gasteiger partial charge in [-0.25, -0.2) is 8.78 Å². The van der Waals surface area contributed by atoms with E-state index in [1.54, 1.807) is 0 Å². The van der Waals surface area contributed by atoms with Crippen LogP contribution in [-0.2, 0) is 6.54 Å². The topological polar surface area (TPSA) is 12.0 Å². The first-order chi connectivity index (χ1) is 7.63. The number of rotatable bonds is 6. The van der Waals surface area contributed by atoms with Crippen LogP contribution in [0.15, 0.2) is 18.2 Å². The van der Waals surface area contributed by atoms with Crippen molar-refractivity contribution in [2.75, 3.05) is 6.54 Å². The lowest BCUT2D eigenvalue weighted by Gasteiger charge is -2.08. The largest absolute Gasteiger partial charge is 0.313 e. The predicted octanol–water partition coefficient (Wildman–Crippen LogP) is 3.62. The molecule has 1 aromatic rings. The van der Waals surface area contributed by atoms with E-state index in [4.69, 9.17) is 0 Å². The van der Waals surface area contributed by atoms with Crippen molar-refractivity contribution in [3.8, 4) is 0 Å². The van der Waals surface area contributed by atoms with E-state index in [-0.39, 0.29) is 5.82 Å². The van der Waals surface area contributed by atoms with Crippen molar-refractivity contribution in [2.24, 2.45) is 0 Å². The van der Waals surface area contributed by atoms with Crippen LogP contribution in [0.25, 0.3) is 0 Å². The molecule has 0 aliphatic rings. The summed E-state index contributed by atoms with van der Waals surface area (Å²) >= 11 is 3.52. The Hall–Kier alpha value is -0.480. The van der Waals surface area contributed by atoms with Crippen molar-refractivity contribution in [3.63, 3.8) is 0 Å². The second-order valence-corrected chi connectivity index (χ2v) is 5.00. The number of hydrogen-bond acceptors (Lipinski definition) is 1. The molecule has 1 aromatic carbocycles. The number of nitrogens with one attached hydrogen (secondary N) is 1. The third-order valence-corrected chi connectivity index (χ3v) is 3.51. The fourth-order valence-corrected chi connectivity index (χ4v) is 1.59. The van der Waals surface area contributed by atoms with Crippen LogP contribution in [0.5, 0.6) is 0 Å². The quantitative estimate of drug-likeness (QED) is 0.624. The Morgan fingerprint density at radius 1 is 1.38 bits per heavy atom. The molecule has 1 atom stereocenters. The maximum atomic E-state index is 13.2. The molecule has 1 rings (SSSR count). The van der Waals surface area contributed by atoms with E-state index in [0.29, 0.717) is 16.9 Å². The first-order valence-electron chi connectivity index (χ1n) is 5.42. The maximum absolute atomic E-state index is 13.2. The summed E-state index contributed by atoms with van der Waals surface area (Å²) in [6, 6.07) is 3.52. The Morgan fingerprint density at radius 2 is 2.12 bits per heavy atom. The molecule has 0 bridgehead atoms.